The van der Waals surface area contributed by atoms with Crippen LogP contribution in [-0.2, 0) is 0 Å². The SMILES string of the molecule is COc1cccc(Oc2ccc(NC(=O)c3nnc(Nc4ccc(F)c(F)c4)o3)cc2)c1. The fourth-order valence-corrected chi connectivity index (χ4v) is 2.65. The van der Waals surface area contributed by atoms with E-state index >= 15 is 0 Å². The van der Waals surface area contributed by atoms with E-state index in [2.05, 4.69) is 20.8 Å². The molecule has 10 heteroatoms. The number of methoxy groups -OCH3 is 1. The highest BCUT2D eigenvalue weighted by atomic mass is 19.2. The zero-order valence-electron chi connectivity index (χ0n) is 16.6. The van der Waals surface area contributed by atoms with Gasteiger partial charge in [-0.25, -0.2) is 8.78 Å². The van der Waals surface area contributed by atoms with Gasteiger partial charge in [0.15, 0.2) is 11.6 Å². The van der Waals surface area contributed by atoms with Gasteiger partial charge in [0.1, 0.15) is 17.2 Å². The van der Waals surface area contributed by atoms with Gasteiger partial charge in [-0.2, -0.15) is 0 Å². The number of carbonyl (C=O) groups excluding carboxylic acids is 1. The van der Waals surface area contributed by atoms with Crippen LogP contribution in [0.4, 0.5) is 26.2 Å². The van der Waals surface area contributed by atoms with Crippen LogP contribution in [0.15, 0.2) is 71.1 Å². The molecule has 0 unspecified atom stereocenters. The molecule has 0 saturated carbocycles. The van der Waals surface area contributed by atoms with Gasteiger partial charge in [0.25, 0.3) is 0 Å². The molecule has 0 atom stereocenters. The van der Waals surface area contributed by atoms with Gasteiger partial charge in [-0.15, -0.1) is 5.10 Å². The van der Waals surface area contributed by atoms with Gasteiger partial charge in [-0.3, -0.25) is 4.79 Å². The van der Waals surface area contributed by atoms with E-state index in [1.54, 1.807) is 43.5 Å². The highest BCUT2D eigenvalue weighted by Crippen LogP contribution is 2.26. The number of rotatable bonds is 7. The minimum absolute atomic E-state index is 0.150. The van der Waals surface area contributed by atoms with E-state index in [9.17, 15) is 13.6 Å². The molecule has 1 amide bonds. The molecule has 32 heavy (non-hydrogen) atoms. The van der Waals surface area contributed by atoms with Gasteiger partial charge in [0.05, 0.1) is 7.11 Å². The van der Waals surface area contributed by atoms with Crippen molar-refractivity contribution in [1.29, 1.82) is 0 Å². The maximum atomic E-state index is 13.3. The van der Waals surface area contributed by atoms with E-state index in [4.69, 9.17) is 13.9 Å². The first-order valence-corrected chi connectivity index (χ1v) is 9.29. The summed E-state index contributed by atoms with van der Waals surface area (Å²) < 4.78 is 42.4. The zero-order valence-corrected chi connectivity index (χ0v) is 16.6. The molecule has 3 aromatic carbocycles. The van der Waals surface area contributed by atoms with E-state index in [-0.39, 0.29) is 17.6 Å². The van der Waals surface area contributed by atoms with E-state index in [1.165, 1.54) is 6.07 Å². The maximum absolute atomic E-state index is 13.3. The smallest absolute Gasteiger partial charge is 0.320 e. The van der Waals surface area contributed by atoms with Crippen LogP contribution in [0.2, 0.25) is 0 Å². The van der Waals surface area contributed by atoms with Gasteiger partial charge in [0.2, 0.25) is 0 Å². The highest BCUT2D eigenvalue weighted by molar-refractivity contribution is 6.00. The lowest BCUT2D eigenvalue weighted by atomic mass is 10.3. The van der Waals surface area contributed by atoms with Gasteiger partial charge in [-0.1, -0.05) is 11.2 Å². The Morgan fingerprint density at radius 2 is 1.62 bits per heavy atom. The summed E-state index contributed by atoms with van der Waals surface area (Å²) in [5, 5.41) is 12.5. The largest absolute Gasteiger partial charge is 0.497 e. The van der Waals surface area contributed by atoms with Crippen LogP contribution in [0.1, 0.15) is 10.7 Å². The molecular weight excluding hydrogens is 422 g/mol. The number of ether oxygens (including phenoxy) is 2. The topological polar surface area (TPSA) is 98.5 Å². The molecule has 0 spiro atoms. The average molecular weight is 438 g/mol. The molecule has 0 radical (unpaired) electrons. The highest BCUT2D eigenvalue weighted by Gasteiger charge is 2.16. The number of halogens is 2. The van der Waals surface area contributed by atoms with E-state index < -0.39 is 17.5 Å². The van der Waals surface area contributed by atoms with Crippen molar-refractivity contribution >= 4 is 23.3 Å². The summed E-state index contributed by atoms with van der Waals surface area (Å²) in [4.78, 5) is 12.3. The number of nitrogens with zero attached hydrogens (tertiary/aromatic N) is 2. The molecule has 4 aromatic rings. The third-order valence-corrected chi connectivity index (χ3v) is 4.18. The van der Waals surface area contributed by atoms with Crippen molar-refractivity contribution in [1.82, 2.24) is 10.2 Å². The van der Waals surface area contributed by atoms with Crippen molar-refractivity contribution < 1.29 is 27.5 Å². The first-order valence-electron chi connectivity index (χ1n) is 9.29. The summed E-state index contributed by atoms with van der Waals surface area (Å²) in [6.45, 7) is 0. The monoisotopic (exact) mass is 438 g/mol. The molecule has 4 rings (SSSR count). The van der Waals surface area contributed by atoms with Crippen molar-refractivity contribution in [3.63, 3.8) is 0 Å². The minimum Gasteiger partial charge on any atom is -0.497 e. The second kappa shape index (κ2) is 9.13. The molecule has 0 aliphatic carbocycles. The molecule has 0 aliphatic heterocycles. The van der Waals surface area contributed by atoms with Crippen LogP contribution < -0.4 is 20.1 Å². The Labute approximate surface area is 180 Å². The Morgan fingerprint density at radius 3 is 2.38 bits per heavy atom. The number of aromatic nitrogens is 2. The van der Waals surface area contributed by atoms with Crippen LogP contribution >= 0.6 is 0 Å². The number of carbonyl (C=O) groups is 1. The third kappa shape index (κ3) is 4.98. The second-order valence-corrected chi connectivity index (χ2v) is 6.43. The molecule has 1 heterocycles. The molecule has 0 bridgehead atoms. The normalized spacial score (nSPS) is 10.5. The van der Waals surface area contributed by atoms with Crippen molar-refractivity contribution in [2.75, 3.05) is 17.7 Å². The lowest BCUT2D eigenvalue weighted by Gasteiger charge is -2.08. The summed E-state index contributed by atoms with van der Waals surface area (Å²) in [6, 6.07) is 16.8. The van der Waals surface area contributed by atoms with Crippen LogP contribution in [0, 0.1) is 11.6 Å². The van der Waals surface area contributed by atoms with Crippen molar-refractivity contribution in [3.05, 3.63) is 84.3 Å². The molecular formula is C22H16F2N4O4. The van der Waals surface area contributed by atoms with Crippen LogP contribution in [-0.4, -0.2) is 23.2 Å². The molecule has 2 N–H and O–H groups in total. The Bertz CT molecular complexity index is 1240. The molecule has 0 fully saturated rings. The first kappa shape index (κ1) is 20.8. The predicted octanol–water partition coefficient (Wildman–Crippen LogP) is 5.14. The molecule has 162 valence electrons. The number of hydrogen-bond acceptors (Lipinski definition) is 7. The second-order valence-electron chi connectivity index (χ2n) is 6.43. The van der Waals surface area contributed by atoms with Crippen LogP contribution in [0.25, 0.3) is 0 Å². The Kier molecular flexibility index (Phi) is 5.93. The lowest BCUT2D eigenvalue weighted by Crippen LogP contribution is -2.12. The number of benzene rings is 3. The van der Waals surface area contributed by atoms with E-state index in [1.807, 2.05) is 12.1 Å². The van der Waals surface area contributed by atoms with Crippen LogP contribution in [0.5, 0.6) is 17.2 Å². The lowest BCUT2D eigenvalue weighted by molar-refractivity contribution is 0.0991. The Hall–Kier alpha value is -4.47. The fourth-order valence-electron chi connectivity index (χ4n) is 2.65. The number of amides is 1. The minimum atomic E-state index is -1.04. The van der Waals surface area contributed by atoms with Gasteiger partial charge in [-0.05, 0) is 48.5 Å². The van der Waals surface area contributed by atoms with E-state index in [0.717, 1.165) is 12.1 Å². The number of hydrogen-bond donors (Lipinski definition) is 2. The number of anilines is 3. The summed E-state index contributed by atoms with van der Waals surface area (Å²) in [6.07, 6.45) is 0. The van der Waals surface area contributed by atoms with Gasteiger partial charge < -0.3 is 24.5 Å². The summed E-state index contributed by atoms with van der Waals surface area (Å²) in [5.41, 5.74) is 0.660. The third-order valence-electron chi connectivity index (χ3n) is 4.18. The molecule has 1 aromatic heterocycles. The Morgan fingerprint density at radius 1 is 0.875 bits per heavy atom. The van der Waals surface area contributed by atoms with Crippen LogP contribution in [0.3, 0.4) is 0 Å². The zero-order chi connectivity index (χ0) is 22.5. The molecule has 0 saturated heterocycles. The molecule has 0 aliphatic rings. The standard InChI is InChI=1S/C22H16F2N4O4/c1-30-16-3-2-4-17(12-16)31-15-8-5-13(6-9-15)25-20(29)21-27-28-22(32-21)26-14-7-10-18(23)19(24)11-14/h2-12H,1H3,(H,25,29)(H,26,28). The first-order chi connectivity index (χ1) is 15.5. The van der Waals surface area contributed by atoms with Crippen molar-refractivity contribution in [2.24, 2.45) is 0 Å². The summed E-state index contributed by atoms with van der Waals surface area (Å²) in [7, 11) is 1.57. The quantitative estimate of drug-likeness (QED) is 0.412. The van der Waals surface area contributed by atoms with E-state index in [0.29, 0.717) is 22.9 Å². The average Bonchev–Trinajstić information content (AvgIpc) is 3.26. The predicted molar refractivity (Wildman–Crippen MR) is 111 cm³/mol. The maximum Gasteiger partial charge on any atom is 0.320 e. The fraction of sp³-hybridized carbons (Fsp3) is 0.0455. The number of nitrogens with one attached hydrogen (secondary N) is 2. The van der Waals surface area contributed by atoms with Gasteiger partial charge in [0, 0.05) is 23.5 Å². The van der Waals surface area contributed by atoms with Gasteiger partial charge >= 0.3 is 17.8 Å². The summed E-state index contributed by atoms with van der Waals surface area (Å²) >= 11 is 0. The van der Waals surface area contributed by atoms with Crippen molar-refractivity contribution in [2.45, 2.75) is 0 Å². The Balaban J connectivity index is 1.37. The van der Waals surface area contributed by atoms with Crippen molar-refractivity contribution in [3.8, 4) is 17.2 Å². The summed E-state index contributed by atoms with van der Waals surface area (Å²) in [5.74, 6) is -1.14. The molecule has 8 nitrogen and oxygen atoms in total.